The fraction of sp³-hybridized carbons (Fsp3) is 0.179. The van der Waals surface area contributed by atoms with Gasteiger partial charge in [0.2, 0.25) is 11.4 Å². The van der Waals surface area contributed by atoms with E-state index >= 15 is 0 Å². The molecule has 0 aliphatic rings. The second-order valence-electron chi connectivity index (χ2n) is 12.9. The van der Waals surface area contributed by atoms with Crippen molar-refractivity contribution in [3.05, 3.63) is 108 Å². The largest absolute Gasteiger partial charge is 0.438 e. The van der Waals surface area contributed by atoms with E-state index in [1.54, 1.807) is 0 Å². The molecule has 0 radical (unpaired) electrons. The molecule has 8 aromatic rings. The van der Waals surface area contributed by atoms with Crippen LogP contribution in [0.1, 0.15) is 51.9 Å². The number of para-hydroxylation sites is 2. The SMILES string of the molecule is CC(C)c1nc(-c2ccccc2-c2ccc(-c3nc4c(nc3C(C)(C)C)oc3ccccc34)cc2)nc2oc3ccccc3c12. The number of fused-ring (bicyclic) bond motifs is 6. The van der Waals surface area contributed by atoms with Crippen molar-refractivity contribution >= 4 is 44.3 Å². The van der Waals surface area contributed by atoms with Crippen molar-refractivity contribution in [3.8, 4) is 33.8 Å². The second-order valence-corrected chi connectivity index (χ2v) is 12.9. The van der Waals surface area contributed by atoms with Gasteiger partial charge in [0.15, 0.2) is 5.82 Å². The number of hydrogen-bond acceptors (Lipinski definition) is 6. The lowest BCUT2D eigenvalue weighted by atomic mass is 9.88. The molecule has 4 aromatic carbocycles. The van der Waals surface area contributed by atoms with Crippen molar-refractivity contribution in [2.24, 2.45) is 0 Å². The van der Waals surface area contributed by atoms with Gasteiger partial charge in [-0.3, -0.25) is 0 Å². The molecule has 6 heteroatoms. The van der Waals surface area contributed by atoms with Gasteiger partial charge in [-0.25, -0.2) is 15.0 Å². The van der Waals surface area contributed by atoms with E-state index in [1.165, 1.54) is 0 Å². The normalized spacial score (nSPS) is 12.3. The van der Waals surface area contributed by atoms with Crippen LogP contribution in [0.5, 0.6) is 0 Å². The average molecular weight is 589 g/mol. The predicted octanol–water partition coefficient (Wildman–Crippen LogP) is 10.5. The van der Waals surface area contributed by atoms with Crippen LogP contribution in [0.25, 0.3) is 78.0 Å². The number of hydrogen-bond donors (Lipinski definition) is 0. The van der Waals surface area contributed by atoms with Crippen molar-refractivity contribution in [2.75, 3.05) is 0 Å². The molecule has 4 heterocycles. The fourth-order valence-corrected chi connectivity index (χ4v) is 6.17. The van der Waals surface area contributed by atoms with Crippen LogP contribution < -0.4 is 0 Å². The molecule has 0 amide bonds. The number of benzene rings is 4. The van der Waals surface area contributed by atoms with Gasteiger partial charge in [-0.05, 0) is 35.2 Å². The van der Waals surface area contributed by atoms with Crippen LogP contribution in [0.3, 0.4) is 0 Å². The standard InChI is InChI=1S/C39H32N4O2/c1-22(2)32-31-27-14-8-10-16-29(27)44-37(31)43-36(41-32)26-13-7-6-12-25(26)23-18-20-24(21-19-23)33-35(39(3,4)5)42-38-34(40-33)28-15-9-11-17-30(28)45-38/h6-22H,1-5H3. The van der Waals surface area contributed by atoms with Gasteiger partial charge in [-0.2, -0.15) is 4.98 Å². The Morgan fingerprint density at radius 1 is 0.578 bits per heavy atom. The minimum atomic E-state index is -0.235. The summed E-state index contributed by atoms with van der Waals surface area (Å²) in [6.07, 6.45) is 0. The minimum Gasteiger partial charge on any atom is -0.438 e. The fourth-order valence-electron chi connectivity index (χ4n) is 6.17. The zero-order chi connectivity index (χ0) is 30.9. The van der Waals surface area contributed by atoms with E-state index < -0.39 is 0 Å². The molecule has 4 aromatic heterocycles. The smallest absolute Gasteiger partial charge is 0.246 e. The molecule has 6 nitrogen and oxygen atoms in total. The molecule has 0 bridgehead atoms. The molecule has 0 saturated heterocycles. The molecule has 45 heavy (non-hydrogen) atoms. The summed E-state index contributed by atoms with van der Waals surface area (Å²) in [6, 6.07) is 32.9. The highest BCUT2D eigenvalue weighted by Gasteiger charge is 2.25. The van der Waals surface area contributed by atoms with Gasteiger partial charge >= 0.3 is 0 Å². The van der Waals surface area contributed by atoms with Crippen molar-refractivity contribution < 1.29 is 8.83 Å². The van der Waals surface area contributed by atoms with Crippen LogP contribution in [0.15, 0.2) is 106 Å². The molecule has 0 aliphatic heterocycles. The zero-order valence-electron chi connectivity index (χ0n) is 25.9. The first-order valence-electron chi connectivity index (χ1n) is 15.4. The average Bonchev–Trinajstić information content (AvgIpc) is 3.61. The Morgan fingerprint density at radius 3 is 1.89 bits per heavy atom. The summed E-state index contributed by atoms with van der Waals surface area (Å²) >= 11 is 0. The molecule has 220 valence electrons. The Balaban J connectivity index is 1.25. The summed E-state index contributed by atoms with van der Waals surface area (Å²) in [5.41, 5.74) is 10.2. The molecule has 0 spiro atoms. The lowest BCUT2D eigenvalue weighted by molar-refractivity contribution is 0.561. The van der Waals surface area contributed by atoms with Gasteiger partial charge in [0.1, 0.15) is 16.7 Å². The summed E-state index contributed by atoms with van der Waals surface area (Å²) in [5.74, 6) is 0.854. The summed E-state index contributed by atoms with van der Waals surface area (Å²) < 4.78 is 12.3. The Labute approximate surface area is 260 Å². The maximum atomic E-state index is 6.24. The highest BCUT2D eigenvalue weighted by molar-refractivity contribution is 6.05. The minimum absolute atomic E-state index is 0.199. The molecule has 8 rings (SSSR count). The lowest BCUT2D eigenvalue weighted by Crippen LogP contribution is -2.16. The summed E-state index contributed by atoms with van der Waals surface area (Å²) in [5, 5.41) is 3.00. The van der Waals surface area contributed by atoms with Crippen LogP contribution in [0, 0.1) is 0 Å². The second kappa shape index (κ2) is 10.1. The van der Waals surface area contributed by atoms with Gasteiger partial charge in [0.25, 0.3) is 0 Å². The van der Waals surface area contributed by atoms with E-state index in [-0.39, 0.29) is 11.3 Å². The first-order valence-corrected chi connectivity index (χ1v) is 15.4. The van der Waals surface area contributed by atoms with E-state index in [2.05, 4.69) is 83.1 Å². The maximum absolute atomic E-state index is 6.24. The molecule has 0 N–H and O–H groups in total. The van der Waals surface area contributed by atoms with E-state index in [9.17, 15) is 0 Å². The zero-order valence-corrected chi connectivity index (χ0v) is 25.9. The van der Waals surface area contributed by atoms with Crippen LogP contribution in [-0.2, 0) is 5.41 Å². The number of nitrogens with zero attached hydrogens (tertiary/aromatic N) is 4. The van der Waals surface area contributed by atoms with Crippen LogP contribution in [0.2, 0.25) is 0 Å². The molecule has 0 unspecified atom stereocenters. The Morgan fingerprint density at radius 2 is 1.18 bits per heavy atom. The maximum Gasteiger partial charge on any atom is 0.246 e. The van der Waals surface area contributed by atoms with Crippen molar-refractivity contribution in [3.63, 3.8) is 0 Å². The number of aromatic nitrogens is 4. The summed E-state index contributed by atoms with van der Waals surface area (Å²) in [4.78, 5) is 20.2. The Bertz CT molecular complexity index is 2390. The van der Waals surface area contributed by atoms with E-state index in [0.717, 1.165) is 72.2 Å². The van der Waals surface area contributed by atoms with Crippen LogP contribution in [-0.4, -0.2) is 19.9 Å². The first-order chi connectivity index (χ1) is 21.8. The van der Waals surface area contributed by atoms with Gasteiger partial charge in [0, 0.05) is 27.3 Å². The van der Waals surface area contributed by atoms with Gasteiger partial charge in [-0.15, -0.1) is 0 Å². The van der Waals surface area contributed by atoms with Crippen LogP contribution in [0.4, 0.5) is 0 Å². The van der Waals surface area contributed by atoms with Crippen molar-refractivity contribution in [1.29, 1.82) is 0 Å². The van der Waals surface area contributed by atoms with Gasteiger partial charge in [-0.1, -0.05) is 113 Å². The molecular formula is C39H32N4O2. The van der Waals surface area contributed by atoms with Crippen molar-refractivity contribution in [2.45, 2.75) is 46.0 Å². The predicted molar refractivity (Wildman–Crippen MR) is 181 cm³/mol. The highest BCUT2D eigenvalue weighted by atomic mass is 16.3. The van der Waals surface area contributed by atoms with Gasteiger partial charge in [0.05, 0.1) is 22.5 Å². The van der Waals surface area contributed by atoms with E-state index in [1.807, 2.05) is 48.5 Å². The monoisotopic (exact) mass is 588 g/mol. The van der Waals surface area contributed by atoms with Crippen molar-refractivity contribution in [1.82, 2.24) is 19.9 Å². The Hall–Kier alpha value is -5.36. The molecule has 0 saturated carbocycles. The molecule has 0 aliphatic carbocycles. The third-order valence-electron chi connectivity index (χ3n) is 8.37. The first kappa shape index (κ1) is 27.2. The quantitative estimate of drug-likeness (QED) is 0.203. The lowest BCUT2D eigenvalue weighted by Gasteiger charge is -2.21. The highest BCUT2D eigenvalue weighted by Crippen LogP contribution is 2.39. The summed E-state index contributed by atoms with van der Waals surface area (Å²) in [6.45, 7) is 10.8. The van der Waals surface area contributed by atoms with E-state index in [0.29, 0.717) is 17.3 Å². The third kappa shape index (κ3) is 4.48. The molecule has 0 fully saturated rings. The summed E-state index contributed by atoms with van der Waals surface area (Å²) in [7, 11) is 0. The van der Waals surface area contributed by atoms with Crippen LogP contribution >= 0.6 is 0 Å². The third-order valence-corrected chi connectivity index (χ3v) is 8.37. The topological polar surface area (TPSA) is 77.8 Å². The number of furan rings is 2. The van der Waals surface area contributed by atoms with Gasteiger partial charge < -0.3 is 8.83 Å². The van der Waals surface area contributed by atoms with E-state index in [4.69, 9.17) is 28.8 Å². The Kier molecular flexibility index (Phi) is 6.10. The number of rotatable bonds is 4. The molecule has 0 atom stereocenters. The molecular weight excluding hydrogens is 556 g/mol.